The van der Waals surface area contributed by atoms with Gasteiger partial charge in [-0.15, -0.1) is 0 Å². The number of rotatable bonds is 6. The predicted molar refractivity (Wildman–Crippen MR) is 137 cm³/mol. The second-order valence-corrected chi connectivity index (χ2v) is 9.89. The van der Waals surface area contributed by atoms with Crippen molar-refractivity contribution in [2.75, 3.05) is 23.0 Å². The molecule has 0 saturated carbocycles. The van der Waals surface area contributed by atoms with E-state index in [1.165, 1.54) is 4.90 Å². The Labute approximate surface area is 215 Å². The van der Waals surface area contributed by atoms with Crippen LogP contribution >= 0.6 is 0 Å². The van der Waals surface area contributed by atoms with Crippen LogP contribution in [0.1, 0.15) is 38.7 Å². The smallest absolute Gasteiger partial charge is 0.316 e. The number of allylic oxidation sites excluding steroid dienone is 2. The number of nitrogens with zero attached hydrogens (tertiary/aromatic N) is 2. The summed E-state index contributed by atoms with van der Waals surface area (Å²) in [5.74, 6) is -1.38. The summed E-state index contributed by atoms with van der Waals surface area (Å²) in [6.45, 7) is 6.30. The molecule has 0 aromatic heterocycles. The lowest BCUT2D eigenvalue weighted by Gasteiger charge is -2.20. The summed E-state index contributed by atoms with van der Waals surface area (Å²) in [4.78, 5) is 54.6. The van der Waals surface area contributed by atoms with Gasteiger partial charge in [0.05, 0.1) is 35.7 Å². The molecule has 5 rings (SSSR count). The number of esters is 1. The first-order chi connectivity index (χ1) is 17.8. The second kappa shape index (κ2) is 9.84. The molecule has 37 heavy (non-hydrogen) atoms. The van der Waals surface area contributed by atoms with Gasteiger partial charge in [0.15, 0.2) is 0 Å². The van der Waals surface area contributed by atoms with Crippen molar-refractivity contribution < 1.29 is 28.7 Å². The Morgan fingerprint density at radius 3 is 2.49 bits per heavy atom. The van der Waals surface area contributed by atoms with Gasteiger partial charge in [0, 0.05) is 13.0 Å². The molecule has 1 aliphatic carbocycles. The number of carbonyl (C=O) groups is 4. The van der Waals surface area contributed by atoms with E-state index < -0.39 is 11.9 Å². The lowest BCUT2D eigenvalue weighted by atomic mass is 9.82. The fourth-order valence-corrected chi connectivity index (χ4v) is 5.47. The molecule has 0 bridgehead atoms. The third kappa shape index (κ3) is 4.52. The number of hydrogen-bond acceptors (Lipinski definition) is 6. The normalized spacial score (nSPS) is 23.3. The number of amides is 3. The summed E-state index contributed by atoms with van der Waals surface area (Å²) >= 11 is 0. The minimum atomic E-state index is -0.622. The van der Waals surface area contributed by atoms with Crippen molar-refractivity contribution in [3.05, 3.63) is 59.7 Å². The number of imide groups is 1. The maximum absolute atomic E-state index is 13.1. The molecule has 2 aliphatic heterocycles. The van der Waals surface area contributed by atoms with Crippen LogP contribution in [0.5, 0.6) is 11.5 Å². The molecule has 0 radical (unpaired) electrons. The highest BCUT2D eigenvalue weighted by Gasteiger charge is 2.49. The predicted octanol–water partition coefficient (Wildman–Crippen LogP) is 4.20. The minimum Gasteiger partial charge on any atom is -0.492 e. The topological polar surface area (TPSA) is 93.2 Å². The fourth-order valence-electron chi connectivity index (χ4n) is 5.47. The molecule has 2 heterocycles. The quantitative estimate of drug-likeness (QED) is 0.254. The molecule has 2 aromatic carbocycles. The van der Waals surface area contributed by atoms with Gasteiger partial charge in [-0.05, 0) is 69.5 Å². The Kier molecular flexibility index (Phi) is 6.58. The summed E-state index contributed by atoms with van der Waals surface area (Å²) in [5.41, 5.74) is 2.94. The van der Waals surface area contributed by atoms with Crippen molar-refractivity contribution in [2.24, 2.45) is 17.8 Å². The average molecular weight is 503 g/mol. The standard InChI is InChI=1S/C29H30N2O6/c1-4-36-25-8-6-5-7-24(25)30-16-19(15-26(30)32)29(35)37-20-10-12-23(18(3)14-20)31-27(33)21-11-9-17(2)13-22(21)28(31)34/h5-10,12,14,19,21-22H,4,11,13,15-16H2,1-3H3/t19-,21+,22-/m1/s1. The highest BCUT2D eigenvalue weighted by Crippen LogP contribution is 2.41. The van der Waals surface area contributed by atoms with Crippen LogP contribution in [-0.2, 0) is 19.2 Å². The van der Waals surface area contributed by atoms with Gasteiger partial charge in [0.1, 0.15) is 11.5 Å². The summed E-state index contributed by atoms with van der Waals surface area (Å²) in [6.07, 6.45) is 3.27. The van der Waals surface area contributed by atoms with Gasteiger partial charge in [0.2, 0.25) is 17.7 Å². The van der Waals surface area contributed by atoms with Crippen molar-refractivity contribution >= 4 is 35.1 Å². The summed E-state index contributed by atoms with van der Waals surface area (Å²) in [5, 5.41) is 0. The number of ether oxygens (including phenoxy) is 2. The van der Waals surface area contributed by atoms with E-state index in [0.29, 0.717) is 47.9 Å². The van der Waals surface area contributed by atoms with E-state index in [1.807, 2.05) is 32.1 Å². The van der Waals surface area contributed by atoms with E-state index in [-0.39, 0.29) is 42.5 Å². The molecule has 2 fully saturated rings. The largest absolute Gasteiger partial charge is 0.492 e. The maximum Gasteiger partial charge on any atom is 0.316 e. The van der Waals surface area contributed by atoms with Crippen molar-refractivity contribution in [3.8, 4) is 11.5 Å². The van der Waals surface area contributed by atoms with Gasteiger partial charge >= 0.3 is 5.97 Å². The SMILES string of the molecule is CCOc1ccccc1N1C[C@H](C(=O)Oc2ccc(N3C(=O)[C@H]4CC=C(C)C[C@H]4C3=O)c(C)c2)CC1=O. The molecule has 2 saturated heterocycles. The van der Waals surface area contributed by atoms with E-state index in [9.17, 15) is 19.2 Å². The third-order valence-electron chi connectivity index (χ3n) is 7.36. The first kappa shape index (κ1) is 24.7. The van der Waals surface area contributed by atoms with E-state index in [2.05, 4.69) is 0 Å². The average Bonchev–Trinajstić information content (AvgIpc) is 3.37. The summed E-state index contributed by atoms with van der Waals surface area (Å²) < 4.78 is 11.3. The van der Waals surface area contributed by atoms with Gasteiger partial charge in [-0.25, -0.2) is 4.90 Å². The van der Waals surface area contributed by atoms with Gasteiger partial charge < -0.3 is 14.4 Å². The Morgan fingerprint density at radius 1 is 0.973 bits per heavy atom. The van der Waals surface area contributed by atoms with Crippen LogP contribution in [0, 0.1) is 24.7 Å². The molecule has 3 amide bonds. The number of hydrogen-bond donors (Lipinski definition) is 0. The molecule has 3 atom stereocenters. The van der Waals surface area contributed by atoms with E-state index in [4.69, 9.17) is 9.47 Å². The molecule has 2 aromatic rings. The number of fused-ring (bicyclic) bond motifs is 1. The van der Waals surface area contributed by atoms with Crippen molar-refractivity contribution in [2.45, 2.75) is 40.0 Å². The van der Waals surface area contributed by atoms with E-state index in [0.717, 1.165) is 5.57 Å². The zero-order valence-corrected chi connectivity index (χ0v) is 21.2. The lowest BCUT2D eigenvalue weighted by Crippen LogP contribution is -2.31. The zero-order chi connectivity index (χ0) is 26.3. The van der Waals surface area contributed by atoms with Crippen molar-refractivity contribution in [1.29, 1.82) is 0 Å². The molecule has 0 N–H and O–H groups in total. The molecule has 8 heteroatoms. The number of benzene rings is 2. The fraction of sp³-hybridized carbons (Fsp3) is 0.379. The molecule has 8 nitrogen and oxygen atoms in total. The number of carbonyl (C=O) groups excluding carboxylic acids is 4. The van der Waals surface area contributed by atoms with Crippen LogP contribution in [-0.4, -0.2) is 36.8 Å². The molecular weight excluding hydrogens is 472 g/mol. The second-order valence-electron chi connectivity index (χ2n) is 9.89. The minimum absolute atomic E-state index is 0.0450. The summed E-state index contributed by atoms with van der Waals surface area (Å²) in [6, 6.07) is 12.1. The Hall–Kier alpha value is -3.94. The summed E-state index contributed by atoms with van der Waals surface area (Å²) in [7, 11) is 0. The number of para-hydroxylation sites is 2. The zero-order valence-electron chi connectivity index (χ0n) is 21.2. The van der Waals surface area contributed by atoms with Crippen LogP contribution in [0.2, 0.25) is 0 Å². The van der Waals surface area contributed by atoms with Gasteiger partial charge in [0.25, 0.3) is 0 Å². The molecule has 0 spiro atoms. The number of anilines is 2. The van der Waals surface area contributed by atoms with Crippen LogP contribution in [0.4, 0.5) is 11.4 Å². The molecule has 0 unspecified atom stereocenters. The maximum atomic E-state index is 13.1. The van der Waals surface area contributed by atoms with E-state index in [1.54, 1.807) is 42.2 Å². The van der Waals surface area contributed by atoms with Crippen LogP contribution < -0.4 is 19.3 Å². The highest BCUT2D eigenvalue weighted by molar-refractivity contribution is 6.22. The molecular formula is C29H30N2O6. The number of aryl methyl sites for hydroxylation is 1. The van der Waals surface area contributed by atoms with Gasteiger partial charge in [-0.3, -0.25) is 19.2 Å². The third-order valence-corrected chi connectivity index (χ3v) is 7.36. The highest BCUT2D eigenvalue weighted by atomic mass is 16.5. The van der Waals surface area contributed by atoms with Crippen LogP contribution in [0.3, 0.4) is 0 Å². The van der Waals surface area contributed by atoms with Gasteiger partial charge in [-0.2, -0.15) is 0 Å². The molecule has 192 valence electrons. The molecule has 3 aliphatic rings. The Balaban J connectivity index is 1.28. The van der Waals surface area contributed by atoms with Crippen molar-refractivity contribution in [3.63, 3.8) is 0 Å². The monoisotopic (exact) mass is 502 g/mol. The Bertz CT molecular complexity index is 1320. The van der Waals surface area contributed by atoms with E-state index >= 15 is 0 Å². The first-order valence-electron chi connectivity index (χ1n) is 12.7. The lowest BCUT2D eigenvalue weighted by molar-refractivity contribution is -0.139. The van der Waals surface area contributed by atoms with Crippen molar-refractivity contribution in [1.82, 2.24) is 0 Å². The van der Waals surface area contributed by atoms with Crippen LogP contribution in [0.25, 0.3) is 0 Å². The first-order valence-corrected chi connectivity index (χ1v) is 12.7. The van der Waals surface area contributed by atoms with Gasteiger partial charge in [-0.1, -0.05) is 23.8 Å². The van der Waals surface area contributed by atoms with Crippen LogP contribution in [0.15, 0.2) is 54.1 Å². The Morgan fingerprint density at radius 2 is 1.73 bits per heavy atom.